The van der Waals surface area contributed by atoms with Crippen LogP contribution in [0.15, 0.2) is 28.1 Å². The van der Waals surface area contributed by atoms with Crippen molar-refractivity contribution in [2.75, 3.05) is 5.73 Å². The first-order valence-electron chi connectivity index (χ1n) is 4.84. The molecule has 0 spiro atoms. The van der Waals surface area contributed by atoms with E-state index in [1.165, 1.54) is 11.3 Å². The van der Waals surface area contributed by atoms with E-state index in [4.69, 9.17) is 17.3 Å². The maximum absolute atomic E-state index is 12.2. The molecule has 2 aromatic rings. The molecule has 0 saturated heterocycles. The second-order valence-electron chi connectivity index (χ2n) is 3.63. The number of hydrogen-bond donors (Lipinski definition) is 1. The fourth-order valence-corrected chi connectivity index (χ4v) is 3.06. The van der Waals surface area contributed by atoms with Gasteiger partial charge in [-0.2, -0.15) is 0 Å². The van der Waals surface area contributed by atoms with Gasteiger partial charge in [0.25, 0.3) is 0 Å². The molecule has 2 nitrogen and oxygen atoms in total. The summed E-state index contributed by atoms with van der Waals surface area (Å²) in [6, 6.07) is 6.79. The minimum absolute atomic E-state index is 0.0364. The highest BCUT2D eigenvalue weighted by molar-refractivity contribution is 9.11. The molecule has 2 rings (SSSR count). The number of nitrogen functional groups attached to an aromatic ring is 1. The van der Waals surface area contributed by atoms with Crippen molar-refractivity contribution in [3.8, 4) is 0 Å². The lowest BCUT2D eigenvalue weighted by atomic mass is 10.1. The fourth-order valence-electron chi connectivity index (χ4n) is 1.38. The normalized spacial score (nSPS) is 10.5. The Morgan fingerprint density at radius 1 is 1.41 bits per heavy atom. The predicted octanol–water partition coefficient (Wildman–Crippen LogP) is 4.29. The second-order valence-corrected chi connectivity index (χ2v) is 6.41. The van der Waals surface area contributed by atoms with Gasteiger partial charge in [0.05, 0.1) is 19.4 Å². The maximum Gasteiger partial charge on any atom is 0.203 e. The van der Waals surface area contributed by atoms with Gasteiger partial charge in [0.15, 0.2) is 0 Å². The van der Waals surface area contributed by atoms with Crippen molar-refractivity contribution in [1.29, 1.82) is 0 Å². The number of hydrogen-bond acceptors (Lipinski definition) is 3. The van der Waals surface area contributed by atoms with Gasteiger partial charge in [-0.05, 0) is 52.7 Å². The van der Waals surface area contributed by atoms with E-state index in [2.05, 4.69) is 15.9 Å². The number of nitrogens with two attached hydrogens (primary N) is 1. The van der Waals surface area contributed by atoms with Crippen LogP contribution >= 0.6 is 38.9 Å². The Balaban J connectivity index is 2.40. The van der Waals surface area contributed by atoms with Gasteiger partial charge in [-0.25, -0.2) is 0 Å². The molecule has 0 radical (unpaired) electrons. The molecule has 0 amide bonds. The largest absolute Gasteiger partial charge is 0.398 e. The van der Waals surface area contributed by atoms with Gasteiger partial charge in [-0.1, -0.05) is 11.6 Å². The SMILES string of the molecule is Cc1cc(C(=O)c2ccc(N)c(Cl)c2)sc1Br. The smallest absolute Gasteiger partial charge is 0.203 e. The Kier molecular flexibility index (Phi) is 3.56. The molecule has 0 fully saturated rings. The Labute approximate surface area is 117 Å². The summed E-state index contributed by atoms with van der Waals surface area (Å²) in [5.74, 6) is -0.0364. The second kappa shape index (κ2) is 4.80. The molecule has 5 heteroatoms. The monoisotopic (exact) mass is 329 g/mol. The van der Waals surface area contributed by atoms with Crippen molar-refractivity contribution < 1.29 is 4.79 Å². The molecule has 1 aromatic heterocycles. The highest BCUT2D eigenvalue weighted by Gasteiger charge is 2.14. The summed E-state index contributed by atoms with van der Waals surface area (Å²) in [6.45, 7) is 1.95. The molecule has 1 aromatic carbocycles. The lowest BCUT2D eigenvalue weighted by Crippen LogP contribution is -1.99. The summed E-state index contributed by atoms with van der Waals surface area (Å²) < 4.78 is 0.974. The number of carbonyl (C=O) groups is 1. The summed E-state index contributed by atoms with van der Waals surface area (Å²) in [5.41, 5.74) is 7.70. The average Bonchev–Trinajstić information content (AvgIpc) is 2.62. The third kappa shape index (κ3) is 2.54. The molecule has 0 aliphatic heterocycles. The van der Waals surface area contributed by atoms with Crippen molar-refractivity contribution in [3.05, 3.63) is 49.1 Å². The summed E-state index contributed by atoms with van der Waals surface area (Å²) in [4.78, 5) is 12.9. The van der Waals surface area contributed by atoms with Crippen LogP contribution in [0.1, 0.15) is 20.8 Å². The van der Waals surface area contributed by atoms with Crippen LogP contribution in [0.5, 0.6) is 0 Å². The minimum atomic E-state index is -0.0364. The number of carbonyl (C=O) groups excluding carboxylic acids is 1. The van der Waals surface area contributed by atoms with E-state index in [9.17, 15) is 4.79 Å². The fraction of sp³-hybridized carbons (Fsp3) is 0.0833. The van der Waals surface area contributed by atoms with E-state index in [1.54, 1.807) is 18.2 Å². The Morgan fingerprint density at radius 2 is 2.12 bits per heavy atom. The lowest BCUT2D eigenvalue weighted by Gasteiger charge is -2.01. The van der Waals surface area contributed by atoms with E-state index in [0.29, 0.717) is 21.2 Å². The van der Waals surface area contributed by atoms with Gasteiger partial charge < -0.3 is 5.73 Å². The zero-order valence-corrected chi connectivity index (χ0v) is 12.1. The van der Waals surface area contributed by atoms with Crippen molar-refractivity contribution in [2.24, 2.45) is 0 Å². The minimum Gasteiger partial charge on any atom is -0.398 e. The van der Waals surface area contributed by atoms with Crippen molar-refractivity contribution in [3.63, 3.8) is 0 Å². The molecule has 0 saturated carbocycles. The third-order valence-corrected chi connectivity index (χ3v) is 4.81. The van der Waals surface area contributed by atoms with E-state index in [-0.39, 0.29) is 5.78 Å². The first-order valence-corrected chi connectivity index (χ1v) is 6.83. The van der Waals surface area contributed by atoms with Crippen LogP contribution in [0.2, 0.25) is 5.02 Å². The predicted molar refractivity (Wildman–Crippen MR) is 76.1 cm³/mol. The van der Waals surface area contributed by atoms with Crippen LogP contribution in [0.25, 0.3) is 0 Å². The lowest BCUT2D eigenvalue weighted by molar-refractivity contribution is 0.104. The van der Waals surface area contributed by atoms with Crippen LogP contribution in [-0.4, -0.2) is 5.78 Å². The number of rotatable bonds is 2. The van der Waals surface area contributed by atoms with Gasteiger partial charge in [-0.3, -0.25) is 4.79 Å². The highest BCUT2D eigenvalue weighted by atomic mass is 79.9. The van der Waals surface area contributed by atoms with E-state index in [0.717, 1.165) is 9.35 Å². The molecule has 17 heavy (non-hydrogen) atoms. The summed E-state index contributed by atoms with van der Waals surface area (Å²) in [7, 11) is 0. The molecule has 0 aliphatic rings. The van der Waals surface area contributed by atoms with Crippen LogP contribution < -0.4 is 5.73 Å². The molecule has 1 heterocycles. The Hall–Kier alpha value is -0.840. The maximum atomic E-state index is 12.2. The van der Waals surface area contributed by atoms with Gasteiger partial charge in [0, 0.05) is 5.56 Å². The molecule has 0 unspecified atom stereocenters. The Bertz CT molecular complexity index is 575. The number of halogens is 2. The molecule has 88 valence electrons. The van der Waals surface area contributed by atoms with Crippen LogP contribution in [0, 0.1) is 6.92 Å². The van der Waals surface area contributed by atoms with Gasteiger partial charge in [0.2, 0.25) is 5.78 Å². The van der Waals surface area contributed by atoms with Crippen LogP contribution in [0.3, 0.4) is 0 Å². The zero-order valence-electron chi connectivity index (χ0n) is 8.96. The van der Waals surface area contributed by atoms with Crippen LogP contribution in [-0.2, 0) is 0 Å². The number of ketones is 1. The number of thiophene rings is 1. The van der Waals surface area contributed by atoms with Crippen LogP contribution in [0.4, 0.5) is 5.69 Å². The number of anilines is 1. The van der Waals surface area contributed by atoms with Gasteiger partial charge in [-0.15, -0.1) is 11.3 Å². The molecular weight excluding hydrogens is 322 g/mol. The van der Waals surface area contributed by atoms with E-state index < -0.39 is 0 Å². The molecule has 0 aliphatic carbocycles. The van der Waals surface area contributed by atoms with Gasteiger partial charge in [0.1, 0.15) is 0 Å². The number of aryl methyl sites for hydroxylation is 1. The van der Waals surface area contributed by atoms with Crippen molar-refractivity contribution in [1.82, 2.24) is 0 Å². The first-order chi connectivity index (χ1) is 7.99. The topological polar surface area (TPSA) is 43.1 Å². The molecule has 2 N–H and O–H groups in total. The van der Waals surface area contributed by atoms with Gasteiger partial charge >= 0.3 is 0 Å². The quantitative estimate of drug-likeness (QED) is 0.659. The zero-order chi connectivity index (χ0) is 12.6. The number of benzene rings is 1. The van der Waals surface area contributed by atoms with E-state index in [1.807, 2.05) is 13.0 Å². The Morgan fingerprint density at radius 3 is 2.65 bits per heavy atom. The highest BCUT2D eigenvalue weighted by Crippen LogP contribution is 2.30. The molecular formula is C12H9BrClNOS. The summed E-state index contributed by atoms with van der Waals surface area (Å²) in [6.07, 6.45) is 0. The summed E-state index contributed by atoms with van der Waals surface area (Å²) >= 11 is 10.7. The summed E-state index contributed by atoms with van der Waals surface area (Å²) in [5, 5.41) is 0.406. The van der Waals surface area contributed by atoms with Crippen molar-refractivity contribution >= 4 is 50.3 Å². The first kappa shape index (κ1) is 12.6. The average molecular weight is 331 g/mol. The molecule has 0 atom stereocenters. The standard InChI is InChI=1S/C12H9BrClNOS/c1-6-4-10(17-12(6)13)11(16)7-2-3-9(15)8(14)5-7/h2-5H,15H2,1H3. The molecule has 0 bridgehead atoms. The van der Waals surface area contributed by atoms with Crippen molar-refractivity contribution in [2.45, 2.75) is 6.92 Å². The third-order valence-electron chi connectivity index (χ3n) is 2.34. The van der Waals surface area contributed by atoms with E-state index >= 15 is 0 Å².